The van der Waals surface area contributed by atoms with E-state index in [1.54, 1.807) is 25.7 Å². The molecule has 0 bridgehead atoms. The summed E-state index contributed by atoms with van der Waals surface area (Å²) in [7, 11) is -0.828. The third-order valence-corrected chi connectivity index (χ3v) is 7.53. The third kappa shape index (κ3) is 3.71. The summed E-state index contributed by atoms with van der Waals surface area (Å²) >= 11 is 0. The van der Waals surface area contributed by atoms with Crippen LogP contribution in [0.3, 0.4) is 0 Å². The summed E-state index contributed by atoms with van der Waals surface area (Å²) in [5.41, 5.74) is 2.61. The predicted octanol–water partition coefficient (Wildman–Crippen LogP) is 2.38. The van der Waals surface area contributed by atoms with Gasteiger partial charge in [-0.3, -0.25) is 4.90 Å². The molecule has 28 heavy (non-hydrogen) atoms. The van der Waals surface area contributed by atoms with Crippen molar-refractivity contribution < 1.29 is 8.95 Å². The summed E-state index contributed by atoms with van der Waals surface area (Å²) in [4.78, 5) is 14.1. The maximum Gasteiger partial charge on any atom is 0.225 e. The number of aromatic nitrogens is 2. The maximum atomic E-state index is 12.3. The van der Waals surface area contributed by atoms with E-state index >= 15 is 0 Å². The standard InChI is InChI=1S/C20H27N5O2S/c1-15(17-5-4-16-6-11-27-19(16)12-17)24-7-9-25(10-8-24)20-22-13-18(14-23-20)28(3,26)21-2/h4-5,12-15H,6-11H2,1-3H3. The van der Waals surface area contributed by atoms with Crippen molar-refractivity contribution in [3.05, 3.63) is 41.7 Å². The van der Waals surface area contributed by atoms with Gasteiger partial charge in [-0.2, -0.15) is 0 Å². The van der Waals surface area contributed by atoms with Gasteiger partial charge < -0.3 is 9.64 Å². The molecular formula is C20H27N5O2S. The lowest BCUT2D eigenvalue weighted by Crippen LogP contribution is -2.47. The number of hydrogen-bond donors (Lipinski definition) is 0. The van der Waals surface area contributed by atoms with E-state index in [4.69, 9.17) is 4.74 Å². The van der Waals surface area contributed by atoms with Gasteiger partial charge in [-0.05, 0) is 24.1 Å². The van der Waals surface area contributed by atoms with Crippen LogP contribution in [0.15, 0.2) is 39.9 Å². The van der Waals surface area contributed by atoms with Crippen LogP contribution in [-0.4, -0.2) is 65.2 Å². The molecular weight excluding hydrogens is 374 g/mol. The van der Waals surface area contributed by atoms with Crippen LogP contribution < -0.4 is 9.64 Å². The first-order chi connectivity index (χ1) is 13.5. The van der Waals surface area contributed by atoms with Gasteiger partial charge in [0.2, 0.25) is 5.95 Å². The molecule has 0 spiro atoms. The van der Waals surface area contributed by atoms with Gasteiger partial charge in [-0.1, -0.05) is 12.1 Å². The topological polar surface area (TPSA) is 70.9 Å². The largest absolute Gasteiger partial charge is 0.493 e. The van der Waals surface area contributed by atoms with E-state index in [0.717, 1.165) is 45.0 Å². The van der Waals surface area contributed by atoms with E-state index < -0.39 is 9.73 Å². The fourth-order valence-corrected chi connectivity index (χ4v) is 4.44. The minimum Gasteiger partial charge on any atom is -0.493 e. The molecule has 1 aromatic heterocycles. The maximum absolute atomic E-state index is 12.3. The van der Waals surface area contributed by atoms with Crippen molar-refractivity contribution in [1.29, 1.82) is 0 Å². The van der Waals surface area contributed by atoms with E-state index in [1.807, 2.05) is 0 Å². The number of ether oxygens (including phenoxy) is 1. The van der Waals surface area contributed by atoms with Gasteiger partial charge in [0.15, 0.2) is 0 Å². The molecule has 2 aliphatic rings. The summed E-state index contributed by atoms with van der Waals surface area (Å²) in [6.45, 7) is 6.67. The first-order valence-corrected chi connectivity index (χ1v) is 11.6. The predicted molar refractivity (Wildman–Crippen MR) is 111 cm³/mol. The second kappa shape index (κ2) is 7.67. The molecule has 1 saturated heterocycles. The monoisotopic (exact) mass is 401 g/mol. The van der Waals surface area contributed by atoms with Crippen molar-refractivity contribution in [2.24, 2.45) is 4.36 Å². The van der Waals surface area contributed by atoms with Crippen LogP contribution in [0.4, 0.5) is 5.95 Å². The quantitative estimate of drug-likeness (QED) is 0.783. The second-order valence-electron chi connectivity index (χ2n) is 7.37. The third-order valence-electron chi connectivity index (χ3n) is 5.75. The van der Waals surface area contributed by atoms with Crippen molar-refractivity contribution in [2.75, 3.05) is 51.0 Å². The summed E-state index contributed by atoms with van der Waals surface area (Å²) in [6.07, 6.45) is 5.89. The Bertz CT molecular complexity index is 961. The fourth-order valence-electron chi connectivity index (χ4n) is 3.74. The normalized spacial score (nSPS) is 20.2. The van der Waals surface area contributed by atoms with Crippen LogP contribution in [0.5, 0.6) is 5.75 Å². The van der Waals surface area contributed by atoms with Crippen LogP contribution in [0, 0.1) is 0 Å². The Hall–Kier alpha value is -2.19. The highest BCUT2D eigenvalue weighted by atomic mass is 32.2. The molecule has 2 aromatic rings. The molecule has 0 N–H and O–H groups in total. The molecule has 4 rings (SSSR count). The molecule has 150 valence electrons. The number of fused-ring (bicyclic) bond motifs is 1. The van der Waals surface area contributed by atoms with E-state index in [2.05, 4.69) is 49.3 Å². The van der Waals surface area contributed by atoms with Gasteiger partial charge in [0, 0.05) is 64.3 Å². The number of nitrogens with zero attached hydrogens (tertiary/aromatic N) is 5. The van der Waals surface area contributed by atoms with E-state index in [1.165, 1.54) is 11.1 Å². The van der Waals surface area contributed by atoms with Gasteiger partial charge in [0.05, 0.1) is 21.2 Å². The average molecular weight is 402 g/mol. The fraction of sp³-hybridized carbons (Fsp3) is 0.500. The molecule has 7 nitrogen and oxygen atoms in total. The number of hydrogen-bond acceptors (Lipinski definition) is 7. The highest BCUT2D eigenvalue weighted by molar-refractivity contribution is 7.93. The van der Waals surface area contributed by atoms with Gasteiger partial charge in [0.25, 0.3) is 0 Å². The zero-order chi connectivity index (χ0) is 19.7. The van der Waals surface area contributed by atoms with Crippen LogP contribution in [0.25, 0.3) is 0 Å². The molecule has 3 heterocycles. The Morgan fingerprint density at radius 1 is 1.18 bits per heavy atom. The number of benzene rings is 1. The van der Waals surface area contributed by atoms with Crippen LogP contribution in [-0.2, 0) is 16.1 Å². The van der Waals surface area contributed by atoms with E-state index in [-0.39, 0.29) is 0 Å². The summed E-state index contributed by atoms with van der Waals surface area (Å²) < 4.78 is 21.9. The van der Waals surface area contributed by atoms with Crippen molar-refractivity contribution in [3.8, 4) is 5.75 Å². The minimum atomic E-state index is -2.39. The van der Waals surface area contributed by atoms with Crippen molar-refractivity contribution in [2.45, 2.75) is 24.3 Å². The van der Waals surface area contributed by atoms with Crippen molar-refractivity contribution in [1.82, 2.24) is 14.9 Å². The van der Waals surface area contributed by atoms with Gasteiger partial charge in [-0.25, -0.2) is 18.5 Å². The lowest BCUT2D eigenvalue weighted by molar-refractivity contribution is 0.197. The molecule has 8 heteroatoms. The molecule has 0 radical (unpaired) electrons. The Balaban J connectivity index is 1.40. The Labute approximate surface area is 166 Å². The highest BCUT2D eigenvalue weighted by Gasteiger charge is 2.24. The zero-order valence-electron chi connectivity index (χ0n) is 16.7. The van der Waals surface area contributed by atoms with Crippen LogP contribution >= 0.6 is 0 Å². The van der Waals surface area contributed by atoms with Crippen molar-refractivity contribution >= 4 is 15.7 Å². The number of piperazine rings is 1. The summed E-state index contributed by atoms with van der Waals surface area (Å²) in [5, 5.41) is 0. The SMILES string of the molecule is CN=S(C)(=O)c1cnc(N2CCN(C(C)c3ccc4c(c3)OCC4)CC2)nc1. The van der Waals surface area contributed by atoms with Crippen LogP contribution in [0.2, 0.25) is 0 Å². The number of anilines is 1. The Morgan fingerprint density at radius 2 is 1.89 bits per heavy atom. The number of rotatable bonds is 4. The molecule has 2 unspecified atom stereocenters. The summed E-state index contributed by atoms with van der Waals surface area (Å²) in [5.74, 6) is 1.73. The molecule has 2 aliphatic heterocycles. The molecule has 0 saturated carbocycles. The van der Waals surface area contributed by atoms with Crippen LogP contribution in [0.1, 0.15) is 24.1 Å². The molecule has 1 fully saturated rings. The van der Waals surface area contributed by atoms with Gasteiger partial charge in [0.1, 0.15) is 5.75 Å². The Morgan fingerprint density at radius 3 is 2.57 bits per heavy atom. The smallest absolute Gasteiger partial charge is 0.225 e. The van der Waals surface area contributed by atoms with Crippen molar-refractivity contribution in [3.63, 3.8) is 0 Å². The van der Waals surface area contributed by atoms with Gasteiger partial charge in [-0.15, -0.1) is 0 Å². The van der Waals surface area contributed by atoms with Gasteiger partial charge >= 0.3 is 0 Å². The first-order valence-electron chi connectivity index (χ1n) is 9.65. The Kier molecular flexibility index (Phi) is 5.25. The highest BCUT2D eigenvalue weighted by Crippen LogP contribution is 2.31. The first kappa shape index (κ1) is 19.1. The molecule has 2 atom stereocenters. The van der Waals surface area contributed by atoms with E-state index in [0.29, 0.717) is 16.9 Å². The lowest BCUT2D eigenvalue weighted by Gasteiger charge is -2.38. The lowest BCUT2D eigenvalue weighted by atomic mass is 10.0. The minimum absolute atomic E-state index is 0.343. The second-order valence-corrected chi connectivity index (χ2v) is 9.81. The zero-order valence-corrected chi connectivity index (χ0v) is 17.5. The summed E-state index contributed by atoms with van der Waals surface area (Å²) in [6, 6.07) is 6.97. The molecule has 1 aromatic carbocycles. The molecule has 0 amide bonds. The molecule has 0 aliphatic carbocycles. The average Bonchev–Trinajstić information content (AvgIpc) is 3.21. The van der Waals surface area contributed by atoms with E-state index in [9.17, 15) is 4.21 Å².